The lowest BCUT2D eigenvalue weighted by molar-refractivity contribution is -0.383. The lowest BCUT2D eigenvalue weighted by Crippen LogP contribution is -2.26. The molecule has 2 unspecified atom stereocenters. The van der Waals surface area contributed by atoms with E-state index in [1.165, 1.54) is 12.8 Å². The van der Waals surface area contributed by atoms with Gasteiger partial charge in [-0.05, 0) is 37.8 Å². The van der Waals surface area contributed by atoms with Crippen molar-refractivity contribution < 1.29 is 4.92 Å². The monoisotopic (exact) mass is 277 g/mol. The van der Waals surface area contributed by atoms with Crippen LogP contribution in [0.25, 0.3) is 0 Å². The molecule has 5 nitrogen and oxygen atoms in total. The van der Waals surface area contributed by atoms with Gasteiger partial charge < -0.3 is 10.6 Å². The van der Waals surface area contributed by atoms with E-state index < -0.39 is 0 Å². The molecule has 0 spiro atoms. The van der Waals surface area contributed by atoms with E-state index in [2.05, 4.69) is 17.6 Å². The van der Waals surface area contributed by atoms with Crippen molar-refractivity contribution in [3.8, 4) is 0 Å². The Labute approximate surface area is 119 Å². The second-order valence-electron chi connectivity index (χ2n) is 5.60. The van der Waals surface area contributed by atoms with Crippen molar-refractivity contribution in [2.75, 3.05) is 17.2 Å². The highest BCUT2D eigenvalue weighted by molar-refractivity contribution is 5.76. The van der Waals surface area contributed by atoms with Gasteiger partial charge in [-0.25, -0.2) is 0 Å². The molecule has 1 saturated carbocycles. The molecule has 0 bridgehead atoms. The Morgan fingerprint density at radius 2 is 2.10 bits per heavy atom. The molecule has 0 aliphatic heterocycles. The van der Waals surface area contributed by atoms with Crippen LogP contribution in [-0.2, 0) is 0 Å². The van der Waals surface area contributed by atoms with Gasteiger partial charge in [0.15, 0.2) is 0 Å². The molecule has 1 aromatic rings. The number of hydrogen-bond donors (Lipinski definition) is 2. The number of hydrogen-bond acceptors (Lipinski definition) is 4. The summed E-state index contributed by atoms with van der Waals surface area (Å²) in [5.41, 5.74) is 1.38. The zero-order chi connectivity index (χ0) is 14.5. The Bertz CT molecular complexity index is 476. The smallest absolute Gasteiger partial charge is 0.315 e. The predicted octanol–water partition coefficient (Wildman–Crippen LogP) is 4.02. The third kappa shape index (κ3) is 3.40. The van der Waals surface area contributed by atoms with Gasteiger partial charge in [0.2, 0.25) is 0 Å². The second kappa shape index (κ2) is 6.59. The highest BCUT2D eigenvalue weighted by atomic mass is 16.6. The minimum Gasteiger partial charge on any atom is -0.380 e. The second-order valence-corrected chi connectivity index (χ2v) is 5.60. The molecular weight excluding hydrogens is 254 g/mol. The lowest BCUT2D eigenvalue weighted by atomic mass is 9.87. The number of nitrogens with one attached hydrogen (secondary N) is 2. The van der Waals surface area contributed by atoms with Crippen molar-refractivity contribution >= 4 is 17.1 Å². The summed E-state index contributed by atoms with van der Waals surface area (Å²) in [7, 11) is 0. The molecule has 20 heavy (non-hydrogen) atoms. The first kappa shape index (κ1) is 14.6. The van der Waals surface area contributed by atoms with Gasteiger partial charge in [0.25, 0.3) is 0 Å². The maximum atomic E-state index is 11.3. The lowest BCUT2D eigenvalue weighted by Gasteiger charge is -2.28. The molecule has 5 heteroatoms. The highest BCUT2D eigenvalue weighted by Gasteiger charge is 2.24. The van der Waals surface area contributed by atoms with Gasteiger partial charge >= 0.3 is 5.69 Å². The van der Waals surface area contributed by atoms with Crippen LogP contribution in [0.4, 0.5) is 17.1 Å². The molecule has 0 amide bonds. The van der Waals surface area contributed by atoms with Crippen LogP contribution in [0.3, 0.4) is 0 Å². The SMILES string of the molecule is CCNc1cccc(NC2CCCC(C)C2)c1[N+](=O)[O-]. The van der Waals surface area contributed by atoms with Crippen molar-refractivity contribution in [1.29, 1.82) is 0 Å². The predicted molar refractivity (Wildman–Crippen MR) is 82.3 cm³/mol. The maximum Gasteiger partial charge on any atom is 0.315 e. The fourth-order valence-corrected chi connectivity index (χ4v) is 2.97. The molecular formula is C15H23N3O2. The van der Waals surface area contributed by atoms with Crippen molar-refractivity contribution in [3.05, 3.63) is 28.3 Å². The zero-order valence-electron chi connectivity index (χ0n) is 12.2. The van der Waals surface area contributed by atoms with Gasteiger partial charge in [-0.15, -0.1) is 0 Å². The molecule has 2 rings (SSSR count). The van der Waals surface area contributed by atoms with Crippen LogP contribution in [0, 0.1) is 16.0 Å². The minimum atomic E-state index is -0.299. The van der Waals surface area contributed by atoms with Gasteiger partial charge in [0, 0.05) is 12.6 Å². The normalized spacial score (nSPS) is 22.3. The average Bonchev–Trinajstić information content (AvgIpc) is 2.39. The Balaban J connectivity index is 2.21. The average molecular weight is 277 g/mol. The number of para-hydroxylation sites is 1. The summed E-state index contributed by atoms with van der Waals surface area (Å²) in [6, 6.07) is 5.77. The van der Waals surface area contributed by atoms with Crippen molar-refractivity contribution in [1.82, 2.24) is 0 Å². The topological polar surface area (TPSA) is 67.2 Å². The van der Waals surface area contributed by atoms with Crippen LogP contribution in [0.15, 0.2) is 18.2 Å². The summed E-state index contributed by atoms with van der Waals surface area (Å²) in [5, 5.41) is 17.8. The van der Waals surface area contributed by atoms with E-state index in [9.17, 15) is 10.1 Å². The third-order valence-corrected chi connectivity index (χ3v) is 3.88. The number of anilines is 2. The van der Waals surface area contributed by atoms with Crippen LogP contribution in [-0.4, -0.2) is 17.5 Å². The fraction of sp³-hybridized carbons (Fsp3) is 0.600. The largest absolute Gasteiger partial charge is 0.380 e. The molecule has 2 atom stereocenters. The molecule has 0 radical (unpaired) electrons. The van der Waals surface area contributed by atoms with E-state index in [-0.39, 0.29) is 10.6 Å². The van der Waals surface area contributed by atoms with Gasteiger partial charge in [-0.1, -0.05) is 25.8 Å². The van der Waals surface area contributed by atoms with Crippen LogP contribution < -0.4 is 10.6 Å². The minimum absolute atomic E-state index is 0.160. The Morgan fingerprint density at radius 3 is 2.75 bits per heavy atom. The van der Waals surface area contributed by atoms with Crippen LogP contribution in [0.2, 0.25) is 0 Å². The van der Waals surface area contributed by atoms with Gasteiger partial charge in [-0.3, -0.25) is 10.1 Å². The highest BCUT2D eigenvalue weighted by Crippen LogP contribution is 2.35. The standard InChI is InChI=1S/C15H23N3O2/c1-3-16-13-8-5-9-14(15(13)18(19)20)17-12-7-4-6-11(2)10-12/h5,8-9,11-12,16-17H,3-4,6-7,10H2,1-2H3. The van der Waals surface area contributed by atoms with E-state index in [0.29, 0.717) is 29.9 Å². The van der Waals surface area contributed by atoms with E-state index in [0.717, 1.165) is 12.8 Å². The Hall–Kier alpha value is -1.78. The van der Waals surface area contributed by atoms with E-state index in [4.69, 9.17) is 0 Å². The zero-order valence-corrected chi connectivity index (χ0v) is 12.2. The molecule has 2 N–H and O–H groups in total. The summed E-state index contributed by atoms with van der Waals surface area (Å²) in [4.78, 5) is 11.0. The summed E-state index contributed by atoms with van der Waals surface area (Å²) in [5.74, 6) is 0.692. The molecule has 0 saturated heterocycles. The quantitative estimate of drug-likeness (QED) is 0.630. The third-order valence-electron chi connectivity index (χ3n) is 3.88. The number of nitrogens with zero attached hydrogens (tertiary/aromatic N) is 1. The Kier molecular flexibility index (Phi) is 4.82. The molecule has 1 fully saturated rings. The molecule has 1 aliphatic rings. The van der Waals surface area contributed by atoms with Crippen molar-refractivity contribution in [2.24, 2.45) is 5.92 Å². The van der Waals surface area contributed by atoms with Gasteiger partial charge in [0.05, 0.1) is 4.92 Å². The molecule has 0 aromatic heterocycles. The van der Waals surface area contributed by atoms with E-state index >= 15 is 0 Å². The summed E-state index contributed by atoms with van der Waals surface area (Å²) in [6.45, 7) is 4.86. The van der Waals surface area contributed by atoms with Crippen LogP contribution >= 0.6 is 0 Å². The summed E-state index contributed by atoms with van der Waals surface area (Å²) in [6.07, 6.45) is 4.63. The molecule has 110 valence electrons. The van der Waals surface area contributed by atoms with Crippen LogP contribution in [0.5, 0.6) is 0 Å². The summed E-state index contributed by atoms with van der Waals surface area (Å²) < 4.78 is 0. The first-order valence-corrected chi connectivity index (χ1v) is 7.39. The number of nitro benzene ring substituents is 1. The van der Waals surface area contributed by atoms with Crippen LogP contribution in [0.1, 0.15) is 39.5 Å². The number of nitro groups is 1. The van der Waals surface area contributed by atoms with E-state index in [1.807, 2.05) is 13.0 Å². The van der Waals surface area contributed by atoms with Gasteiger partial charge in [-0.2, -0.15) is 0 Å². The maximum absolute atomic E-state index is 11.3. The number of benzene rings is 1. The van der Waals surface area contributed by atoms with Crippen molar-refractivity contribution in [3.63, 3.8) is 0 Å². The number of rotatable bonds is 5. The first-order valence-electron chi connectivity index (χ1n) is 7.39. The van der Waals surface area contributed by atoms with Gasteiger partial charge in [0.1, 0.15) is 11.4 Å². The van der Waals surface area contributed by atoms with Crippen molar-refractivity contribution in [2.45, 2.75) is 45.6 Å². The molecule has 1 aromatic carbocycles. The van der Waals surface area contributed by atoms with E-state index in [1.54, 1.807) is 12.1 Å². The molecule has 1 aliphatic carbocycles. The Morgan fingerprint density at radius 1 is 1.35 bits per heavy atom. The fourth-order valence-electron chi connectivity index (χ4n) is 2.97. The first-order chi connectivity index (χ1) is 9.61. The molecule has 0 heterocycles. The summed E-state index contributed by atoms with van der Waals surface area (Å²) >= 11 is 0.